The van der Waals surface area contributed by atoms with Gasteiger partial charge in [-0.2, -0.15) is 0 Å². The van der Waals surface area contributed by atoms with Crippen LogP contribution in [-0.4, -0.2) is 6.54 Å². The maximum absolute atomic E-state index is 5.24. The minimum atomic E-state index is 0.369. The van der Waals surface area contributed by atoms with E-state index in [1.54, 1.807) is 0 Å². The quantitative estimate of drug-likeness (QED) is 0.600. The Labute approximate surface area is 99.3 Å². The summed E-state index contributed by atoms with van der Waals surface area (Å²) >= 11 is 0. The van der Waals surface area contributed by atoms with Crippen molar-refractivity contribution in [2.75, 3.05) is 6.54 Å². The van der Waals surface area contributed by atoms with Crippen LogP contribution in [0.4, 0.5) is 0 Å². The van der Waals surface area contributed by atoms with Gasteiger partial charge in [-0.15, -0.1) is 12.3 Å². The van der Waals surface area contributed by atoms with Gasteiger partial charge < -0.3 is 5.32 Å². The fraction of sp³-hybridized carbons (Fsp3) is 0.467. The summed E-state index contributed by atoms with van der Waals surface area (Å²) in [5, 5.41) is 3.46. The van der Waals surface area contributed by atoms with Gasteiger partial charge in [0.2, 0.25) is 0 Å². The second kappa shape index (κ2) is 5.72. The molecule has 1 atom stereocenters. The molecule has 1 nitrogen and oxygen atoms in total. The average Bonchev–Trinajstić information content (AvgIpc) is 2.16. The topological polar surface area (TPSA) is 12.0 Å². The normalized spacial score (nSPS) is 12.2. The molecule has 0 aliphatic rings. The van der Waals surface area contributed by atoms with Gasteiger partial charge in [-0.25, -0.2) is 0 Å². The second-order valence-corrected chi connectivity index (χ2v) is 4.44. The molecule has 0 saturated heterocycles. The van der Waals surface area contributed by atoms with E-state index in [0.717, 1.165) is 13.0 Å². The van der Waals surface area contributed by atoms with Gasteiger partial charge >= 0.3 is 0 Å². The summed E-state index contributed by atoms with van der Waals surface area (Å²) < 4.78 is 0. The van der Waals surface area contributed by atoms with Crippen molar-refractivity contribution in [3.05, 3.63) is 34.4 Å². The van der Waals surface area contributed by atoms with Crippen LogP contribution in [0.1, 0.15) is 41.6 Å². The summed E-state index contributed by atoms with van der Waals surface area (Å²) in [6, 6.07) is 4.84. The zero-order valence-electron chi connectivity index (χ0n) is 10.7. The lowest BCUT2D eigenvalue weighted by Gasteiger charge is -2.19. The van der Waals surface area contributed by atoms with Crippen LogP contribution >= 0.6 is 0 Å². The summed E-state index contributed by atoms with van der Waals surface area (Å²) in [7, 11) is 0. The van der Waals surface area contributed by atoms with Gasteiger partial charge in [-0.1, -0.05) is 17.7 Å². The number of hydrogen-bond donors (Lipinski definition) is 1. The molecule has 0 bridgehead atoms. The summed E-state index contributed by atoms with van der Waals surface area (Å²) in [6.45, 7) is 9.56. The molecule has 1 rings (SSSR count). The molecule has 86 valence electrons. The first-order chi connectivity index (χ1) is 7.56. The zero-order chi connectivity index (χ0) is 12.1. The van der Waals surface area contributed by atoms with Crippen LogP contribution in [0.5, 0.6) is 0 Å². The maximum atomic E-state index is 5.24. The highest BCUT2D eigenvalue weighted by molar-refractivity contribution is 5.39. The zero-order valence-corrected chi connectivity index (χ0v) is 10.7. The maximum Gasteiger partial charge on any atom is 0.0297 e. The molecule has 0 aliphatic carbocycles. The molecule has 1 heteroatoms. The van der Waals surface area contributed by atoms with Gasteiger partial charge in [0.25, 0.3) is 0 Å². The SMILES string of the molecule is C#CCCNC(C)c1c(C)cc(C)cc1C. The van der Waals surface area contributed by atoms with Gasteiger partial charge in [-0.05, 0) is 44.4 Å². The van der Waals surface area contributed by atoms with Crippen molar-refractivity contribution in [2.45, 2.75) is 40.2 Å². The molecule has 16 heavy (non-hydrogen) atoms. The van der Waals surface area contributed by atoms with Crippen molar-refractivity contribution in [3.8, 4) is 12.3 Å². The molecule has 1 aromatic carbocycles. The molecule has 0 fully saturated rings. The highest BCUT2D eigenvalue weighted by atomic mass is 14.9. The van der Waals surface area contributed by atoms with Crippen molar-refractivity contribution >= 4 is 0 Å². The molecule has 0 saturated carbocycles. The van der Waals surface area contributed by atoms with E-state index in [4.69, 9.17) is 6.42 Å². The van der Waals surface area contributed by atoms with Crippen molar-refractivity contribution < 1.29 is 0 Å². The Balaban J connectivity index is 2.83. The van der Waals surface area contributed by atoms with Crippen LogP contribution in [0.2, 0.25) is 0 Å². The minimum absolute atomic E-state index is 0.369. The first kappa shape index (κ1) is 12.8. The third-order valence-corrected chi connectivity index (χ3v) is 2.89. The molecule has 0 spiro atoms. The largest absolute Gasteiger partial charge is 0.309 e. The van der Waals surface area contributed by atoms with Gasteiger partial charge in [-0.3, -0.25) is 0 Å². The summed E-state index contributed by atoms with van der Waals surface area (Å²) in [6.07, 6.45) is 6.03. The van der Waals surface area contributed by atoms with Gasteiger partial charge in [0.05, 0.1) is 0 Å². The lowest BCUT2D eigenvalue weighted by atomic mass is 9.95. The van der Waals surface area contributed by atoms with Crippen molar-refractivity contribution in [3.63, 3.8) is 0 Å². The molecule has 1 aromatic rings. The molecular formula is C15H21N. The van der Waals surface area contributed by atoms with Crippen LogP contribution in [0, 0.1) is 33.1 Å². The van der Waals surface area contributed by atoms with Crippen molar-refractivity contribution in [1.29, 1.82) is 0 Å². The summed E-state index contributed by atoms with van der Waals surface area (Å²) in [5.41, 5.74) is 5.45. The third-order valence-electron chi connectivity index (χ3n) is 2.89. The van der Waals surface area contributed by atoms with Crippen molar-refractivity contribution in [1.82, 2.24) is 5.32 Å². The molecule has 0 amide bonds. The van der Waals surface area contributed by atoms with Crippen molar-refractivity contribution in [2.24, 2.45) is 0 Å². The van der Waals surface area contributed by atoms with Crippen LogP contribution in [0.15, 0.2) is 12.1 Å². The number of benzene rings is 1. The van der Waals surface area contributed by atoms with E-state index >= 15 is 0 Å². The molecule has 0 aromatic heterocycles. The van der Waals surface area contributed by atoms with Gasteiger partial charge in [0.15, 0.2) is 0 Å². The lowest BCUT2D eigenvalue weighted by Crippen LogP contribution is -2.21. The highest BCUT2D eigenvalue weighted by Gasteiger charge is 2.10. The van der Waals surface area contributed by atoms with E-state index in [1.807, 2.05) is 0 Å². The second-order valence-electron chi connectivity index (χ2n) is 4.44. The highest BCUT2D eigenvalue weighted by Crippen LogP contribution is 2.23. The average molecular weight is 215 g/mol. The lowest BCUT2D eigenvalue weighted by molar-refractivity contribution is 0.579. The standard InChI is InChI=1S/C15H21N/c1-6-7-8-16-14(5)15-12(3)9-11(2)10-13(15)4/h1,9-10,14,16H,7-8H2,2-5H3. The predicted molar refractivity (Wildman–Crippen MR) is 70.5 cm³/mol. The molecular weight excluding hydrogens is 194 g/mol. The molecule has 0 aliphatic heterocycles. The number of aryl methyl sites for hydroxylation is 3. The Morgan fingerprint density at radius 3 is 2.31 bits per heavy atom. The number of terminal acetylenes is 1. The van der Waals surface area contributed by atoms with E-state index in [1.165, 1.54) is 22.3 Å². The number of hydrogen-bond acceptors (Lipinski definition) is 1. The Hall–Kier alpha value is -1.26. The first-order valence-corrected chi connectivity index (χ1v) is 5.81. The fourth-order valence-electron chi connectivity index (χ4n) is 2.34. The summed E-state index contributed by atoms with van der Waals surface area (Å²) in [5.74, 6) is 2.65. The monoisotopic (exact) mass is 215 g/mol. The Bertz CT molecular complexity index is 375. The molecule has 1 unspecified atom stereocenters. The smallest absolute Gasteiger partial charge is 0.0297 e. The van der Waals surface area contributed by atoms with E-state index in [-0.39, 0.29) is 0 Å². The Morgan fingerprint density at radius 1 is 1.25 bits per heavy atom. The van der Waals surface area contributed by atoms with E-state index < -0.39 is 0 Å². The Morgan fingerprint density at radius 2 is 1.81 bits per heavy atom. The minimum Gasteiger partial charge on any atom is -0.309 e. The molecule has 0 heterocycles. The number of nitrogens with one attached hydrogen (secondary N) is 1. The number of rotatable bonds is 4. The van der Waals surface area contributed by atoms with E-state index in [9.17, 15) is 0 Å². The molecule has 1 N–H and O–H groups in total. The van der Waals surface area contributed by atoms with E-state index in [0.29, 0.717) is 6.04 Å². The van der Waals surface area contributed by atoms with Gasteiger partial charge in [0.1, 0.15) is 0 Å². The Kier molecular flexibility index (Phi) is 4.58. The van der Waals surface area contributed by atoms with Crippen LogP contribution in [-0.2, 0) is 0 Å². The van der Waals surface area contributed by atoms with Crippen LogP contribution in [0.25, 0.3) is 0 Å². The van der Waals surface area contributed by atoms with Crippen LogP contribution in [0.3, 0.4) is 0 Å². The predicted octanol–water partition coefficient (Wildman–Crippen LogP) is 3.29. The third kappa shape index (κ3) is 3.12. The molecule has 0 radical (unpaired) electrons. The first-order valence-electron chi connectivity index (χ1n) is 5.81. The summed E-state index contributed by atoms with van der Waals surface area (Å²) in [4.78, 5) is 0. The van der Waals surface area contributed by atoms with Crippen LogP contribution < -0.4 is 5.32 Å². The fourth-order valence-corrected chi connectivity index (χ4v) is 2.34. The van der Waals surface area contributed by atoms with E-state index in [2.05, 4.69) is 51.1 Å². The van der Waals surface area contributed by atoms with Gasteiger partial charge in [0, 0.05) is 19.0 Å².